The van der Waals surface area contributed by atoms with Crippen LogP contribution in [-0.2, 0) is 6.42 Å². The van der Waals surface area contributed by atoms with E-state index in [-0.39, 0.29) is 0 Å². The average Bonchev–Trinajstić information content (AvgIpc) is 2.01. The number of hydrogen-bond donors (Lipinski definition) is 0. The Labute approximate surface area is 80.3 Å². The quantitative estimate of drug-likeness (QED) is 0.561. The Balaban J connectivity index is 2.48. The van der Waals surface area contributed by atoms with Gasteiger partial charge in [0.05, 0.1) is 0 Å². The van der Waals surface area contributed by atoms with Crippen molar-refractivity contribution in [3.8, 4) is 0 Å². The van der Waals surface area contributed by atoms with Crippen LogP contribution in [0.25, 0.3) is 6.08 Å². The fourth-order valence-electron chi connectivity index (χ4n) is 1.92. The van der Waals surface area contributed by atoms with Crippen molar-refractivity contribution < 1.29 is 0 Å². The molecule has 1 aliphatic rings. The number of benzene rings is 1. The third-order valence-corrected chi connectivity index (χ3v) is 2.66. The molecular weight excluding hydrogens is 156 g/mol. The maximum Gasteiger partial charge on any atom is -0.0131 e. The molecule has 0 fully saturated rings. The Morgan fingerprint density at radius 1 is 1.23 bits per heavy atom. The predicted molar refractivity (Wildman–Crippen MR) is 57.7 cm³/mol. The first-order valence-electron chi connectivity index (χ1n) is 4.86. The summed E-state index contributed by atoms with van der Waals surface area (Å²) in [6, 6.07) is 6.71. The first-order chi connectivity index (χ1) is 6.07. The molecule has 0 bridgehead atoms. The van der Waals surface area contributed by atoms with Gasteiger partial charge in [-0.05, 0) is 29.9 Å². The fourth-order valence-corrected chi connectivity index (χ4v) is 1.92. The Morgan fingerprint density at radius 2 is 2.00 bits per heavy atom. The average molecular weight is 172 g/mol. The van der Waals surface area contributed by atoms with Crippen LogP contribution in [0.1, 0.15) is 30.5 Å². The van der Waals surface area contributed by atoms with Crippen LogP contribution in [0.4, 0.5) is 0 Å². The maximum absolute atomic E-state index is 2.31. The zero-order valence-electron chi connectivity index (χ0n) is 8.59. The van der Waals surface area contributed by atoms with Crippen LogP contribution < -0.4 is 0 Å². The van der Waals surface area contributed by atoms with Gasteiger partial charge in [0.1, 0.15) is 0 Å². The van der Waals surface area contributed by atoms with E-state index in [1.165, 1.54) is 23.1 Å². The lowest BCUT2D eigenvalue weighted by Crippen LogP contribution is -2.15. The Hall–Kier alpha value is -1.04. The molecule has 0 aromatic heterocycles. The summed E-state index contributed by atoms with van der Waals surface area (Å²) in [5.41, 5.74) is 4.59. The molecule has 1 aliphatic carbocycles. The van der Waals surface area contributed by atoms with E-state index in [9.17, 15) is 0 Å². The second kappa shape index (κ2) is 2.73. The predicted octanol–water partition coefficient (Wildman–Crippen LogP) is 3.59. The number of rotatable bonds is 0. The summed E-state index contributed by atoms with van der Waals surface area (Å²) >= 11 is 0. The van der Waals surface area contributed by atoms with Crippen LogP contribution in [0.2, 0.25) is 0 Å². The maximum atomic E-state index is 2.31. The molecule has 0 unspecified atom stereocenters. The van der Waals surface area contributed by atoms with E-state index in [4.69, 9.17) is 0 Å². The molecule has 0 aliphatic heterocycles. The van der Waals surface area contributed by atoms with Crippen LogP contribution in [0.15, 0.2) is 24.3 Å². The highest BCUT2D eigenvalue weighted by molar-refractivity contribution is 5.58. The molecule has 0 radical (unpaired) electrons. The molecule has 0 saturated carbocycles. The lowest BCUT2D eigenvalue weighted by molar-refractivity contribution is 0.475. The monoisotopic (exact) mass is 172 g/mol. The highest BCUT2D eigenvalue weighted by Crippen LogP contribution is 2.31. The fraction of sp³-hybridized carbons (Fsp3) is 0.385. The van der Waals surface area contributed by atoms with Crippen molar-refractivity contribution >= 4 is 6.08 Å². The second-order valence-corrected chi connectivity index (χ2v) is 4.70. The topological polar surface area (TPSA) is 0 Å². The largest absolute Gasteiger partial charge is 0.0779 e. The number of hydrogen-bond acceptors (Lipinski definition) is 0. The lowest BCUT2D eigenvalue weighted by Gasteiger charge is -2.26. The summed E-state index contributed by atoms with van der Waals surface area (Å²) in [4.78, 5) is 0. The van der Waals surface area contributed by atoms with E-state index in [0.717, 1.165) is 0 Å². The molecule has 1 aromatic carbocycles. The molecule has 0 heterocycles. The lowest BCUT2D eigenvalue weighted by atomic mass is 9.79. The molecule has 0 heteroatoms. The van der Waals surface area contributed by atoms with Crippen molar-refractivity contribution in [2.45, 2.75) is 27.2 Å². The van der Waals surface area contributed by atoms with Crippen molar-refractivity contribution in [2.75, 3.05) is 0 Å². The van der Waals surface area contributed by atoms with Gasteiger partial charge in [0, 0.05) is 0 Å². The Kier molecular flexibility index (Phi) is 1.80. The van der Waals surface area contributed by atoms with Crippen LogP contribution in [0.3, 0.4) is 0 Å². The summed E-state index contributed by atoms with van der Waals surface area (Å²) in [7, 11) is 0. The molecule has 0 atom stereocenters. The van der Waals surface area contributed by atoms with Crippen LogP contribution in [0, 0.1) is 12.3 Å². The summed E-state index contributed by atoms with van der Waals surface area (Å²) in [5.74, 6) is 0. The molecule has 0 amide bonds. The molecule has 0 N–H and O–H groups in total. The van der Waals surface area contributed by atoms with E-state index in [0.29, 0.717) is 5.41 Å². The van der Waals surface area contributed by atoms with Crippen molar-refractivity contribution in [1.29, 1.82) is 0 Å². The van der Waals surface area contributed by atoms with Crippen molar-refractivity contribution in [2.24, 2.45) is 5.41 Å². The van der Waals surface area contributed by atoms with Crippen LogP contribution >= 0.6 is 0 Å². The SMILES string of the molecule is Cc1ccc2c(c1)CC(C)(C)C=C2. The third-order valence-electron chi connectivity index (χ3n) is 2.66. The summed E-state index contributed by atoms with van der Waals surface area (Å²) in [6.45, 7) is 6.73. The van der Waals surface area contributed by atoms with E-state index in [2.05, 4.69) is 51.1 Å². The minimum absolute atomic E-state index is 0.334. The zero-order valence-corrected chi connectivity index (χ0v) is 8.59. The van der Waals surface area contributed by atoms with Gasteiger partial charge in [-0.15, -0.1) is 0 Å². The summed E-state index contributed by atoms with van der Waals surface area (Å²) in [6.07, 6.45) is 5.73. The van der Waals surface area contributed by atoms with Crippen molar-refractivity contribution in [3.05, 3.63) is 41.0 Å². The first-order valence-corrected chi connectivity index (χ1v) is 4.86. The molecule has 13 heavy (non-hydrogen) atoms. The van der Waals surface area contributed by atoms with Gasteiger partial charge in [-0.1, -0.05) is 49.8 Å². The Morgan fingerprint density at radius 3 is 2.77 bits per heavy atom. The van der Waals surface area contributed by atoms with Gasteiger partial charge in [0.25, 0.3) is 0 Å². The molecule has 2 rings (SSSR count). The van der Waals surface area contributed by atoms with Crippen LogP contribution in [0.5, 0.6) is 0 Å². The standard InChI is InChI=1S/C13H16/c1-10-4-5-11-6-7-13(2,3)9-12(11)8-10/h4-8H,9H2,1-3H3. The summed E-state index contributed by atoms with van der Waals surface area (Å²) < 4.78 is 0. The highest BCUT2D eigenvalue weighted by Gasteiger charge is 2.19. The third kappa shape index (κ3) is 1.67. The normalized spacial score (nSPS) is 18.4. The van der Waals surface area contributed by atoms with Gasteiger partial charge in [-0.25, -0.2) is 0 Å². The molecule has 1 aromatic rings. The molecular formula is C13H16. The van der Waals surface area contributed by atoms with Gasteiger partial charge in [-0.3, -0.25) is 0 Å². The van der Waals surface area contributed by atoms with Gasteiger partial charge < -0.3 is 0 Å². The minimum atomic E-state index is 0.334. The highest BCUT2D eigenvalue weighted by atomic mass is 14.2. The number of aryl methyl sites for hydroxylation is 1. The summed E-state index contributed by atoms with van der Waals surface area (Å²) in [5, 5.41) is 0. The molecule has 68 valence electrons. The Bertz CT molecular complexity index is 356. The molecule has 0 nitrogen and oxygen atoms in total. The van der Waals surface area contributed by atoms with E-state index >= 15 is 0 Å². The van der Waals surface area contributed by atoms with E-state index < -0.39 is 0 Å². The molecule has 0 saturated heterocycles. The number of allylic oxidation sites excluding steroid dienone is 1. The van der Waals surface area contributed by atoms with Gasteiger partial charge in [-0.2, -0.15) is 0 Å². The van der Waals surface area contributed by atoms with Gasteiger partial charge in [0.2, 0.25) is 0 Å². The zero-order chi connectivity index (χ0) is 9.47. The number of fused-ring (bicyclic) bond motifs is 1. The van der Waals surface area contributed by atoms with E-state index in [1.54, 1.807) is 0 Å². The minimum Gasteiger partial charge on any atom is -0.0779 e. The molecule has 0 spiro atoms. The van der Waals surface area contributed by atoms with Gasteiger partial charge >= 0.3 is 0 Å². The van der Waals surface area contributed by atoms with Crippen molar-refractivity contribution in [1.82, 2.24) is 0 Å². The van der Waals surface area contributed by atoms with Gasteiger partial charge in [0.15, 0.2) is 0 Å². The van der Waals surface area contributed by atoms with Crippen LogP contribution in [-0.4, -0.2) is 0 Å². The second-order valence-electron chi connectivity index (χ2n) is 4.70. The first kappa shape index (κ1) is 8.55. The smallest absolute Gasteiger partial charge is 0.0131 e. The van der Waals surface area contributed by atoms with Crippen molar-refractivity contribution in [3.63, 3.8) is 0 Å². The van der Waals surface area contributed by atoms with E-state index in [1.807, 2.05) is 0 Å².